The molecular formula is C31H30N8O3. The zero-order chi connectivity index (χ0) is 29.3. The first-order chi connectivity index (χ1) is 20.4. The number of benzene rings is 1. The minimum Gasteiger partial charge on any atom is -0.414 e. The summed E-state index contributed by atoms with van der Waals surface area (Å²) in [4.78, 5) is 28.4. The molecule has 0 radical (unpaired) electrons. The van der Waals surface area contributed by atoms with Crippen molar-refractivity contribution in [2.75, 3.05) is 23.8 Å². The van der Waals surface area contributed by atoms with Gasteiger partial charge in [0, 0.05) is 25.0 Å². The number of hydrogen-bond donors (Lipinski definition) is 3. The SMILES string of the molecule is CCN1C(=O)c2ccc(Nc3cc(N[C@H](CO)c4ccccc4)c(-c4nnc(-c5ccccn5)o4)cn3)nc2C1(C)C. The third-order valence-electron chi connectivity index (χ3n) is 7.36. The second kappa shape index (κ2) is 11.0. The highest BCUT2D eigenvalue weighted by atomic mass is 16.4. The minimum atomic E-state index is -0.532. The molecule has 11 heteroatoms. The zero-order valence-electron chi connectivity index (χ0n) is 23.4. The Hall–Kier alpha value is -5.16. The number of anilines is 3. The highest BCUT2D eigenvalue weighted by molar-refractivity contribution is 5.99. The third-order valence-corrected chi connectivity index (χ3v) is 7.36. The van der Waals surface area contributed by atoms with Gasteiger partial charge >= 0.3 is 0 Å². The van der Waals surface area contributed by atoms with Crippen LogP contribution in [0, 0.1) is 0 Å². The lowest BCUT2D eigenvalue weighted by Gasteiger charge is -2.30. The minimum absolute atomic E-state index is 0.0221. The second-order valence-corrected chi connectivity index (χ2v) is 10.4. The maximum Gasteiger partial charge on any atom is 0.266 e. The molecule has 5 heterocycles. The van der Waals surface area contributed by atoms with E-state index < -0.39 is 11.6 Å². The summed E-state index contributed by atoms with van der Waals surface area (Å²) in [7, 11) is 0. The van der Waals surface area contributed by atoms with Crippen molar-refractivity contribution in [1.29, 1.82) is 0 Å². The van der Waals surface area contributed by atoms with Gasteiger partial charge in [-0.1, -0.05) is 36.4 Å². The molecule has 42 heavy (non-hydrogen) atoms. The van der Waals surface area contributed by atoms with Gasteiger partial charge in [0.1, 0.15) is 17.3 Å². The van der Waals surface area contributed by atoms with Crippen LogP contribution < -0.4 is 10.6 Å². The monoisotopic (exact) mass is 562 g/mol. The molecule has 1 amide bonds. The maximum absolute atomic E-state index is 12.9. The molecule has 0 spiro atoms. The van der Waals surface area contributed by atoms with Crippen LogP contribution in [-0.2, 0) is 5.54 Å². The van der Waals surface area contributed by atoms with Crippen molar-refractivity contribution >= 4 is 23.2 Å². The highest BCUT2D eigenvalue weighted by Crippen LogP contribution is 2.38. The van der Waals surface area contributed by atoms with Crippen LogP contribution in [0.1, 0.15) is 48.4 Å². The Morgan fingerprint density at radius 3 is 2.48 bits per heavy atom. The third kappa shape index (κ3) is 4.94. The van der Waals surface area contributed by atoms with Crippen molar-refractivity contribution in [3.05, 3.63) is 95.9 Å². The molecule has 0 bridgehead atoms. The van der Waals surface area contributed by atoms with Crippen LogP contribution in [-0.4, -0.2) is 54.2 Å². The van der Waals surface area contributed by atoms with Gasteiger partial charge in [-0.05, 0) is 50.6 Å². The highest BCUT2D eigenvalue weighted by Gasteiger charge is 2.43. The first-order valence-corrected chi connectivity index (χ1v) is 13.7. The molecule has 1 aromatic carbocycles. The van der Waals surface area contributed by atoms with E-state index in [-0.39, 0.29) is 24.3 Å². The van der Waals surface area contributed by atoms with E-state index in [0.717, 1.165) is 5.56 Å². The number of nitrogens with one attached hydrogen (secondary N) is 2. The van der Waals surface area contributed by atoms with E-state index in [1.807, 2.05) is 68.1 Å². The van der Waals surface area contributed by atoms with Gasteiger partial charge in [-0.15, -0.1) is 10.2 Å². The number of aliphatic hydroxyl groups is 1. The summed E-state index contributed by atoms with van der Waals surface area (Å²) in [5.74, 6) is 1.55. The van der Waals surface area contributed by atoms with Gasteiger partial charge < -0.3 is 25.1 Å². The summed E-state index contributed by atoms with van der Waals surface area (Å²) in [6.07, 6.45) is 3.28. The van der Waals surface area contributed by atoms with Gasteiger partial charge in [0.25, 0.3) is 17.7 Å². The fourth-order valence-electron chi connectivity index (χ4n) is 5.21. The number of carbonyl (C=O) groups excluding carboxylic acids is 1. The van der Waals surface area contributed by atoms with Crippen molar-refractivity contribution in [1.82, 2.24) is 30.0 Å². The molecule has 5 aromatic rings. The molecule has 212 valence electrons. The lowest BCUT2D eigenvalue weighted by molar-refractivity contribution is 0.0631. The molecule has 1 aliphatic heterocycles. The summed E-state index contributed by atoms with van der Waals surface area (Å²) in [6, 6.07) is 20.0. The Morgan fingerprint density at radius 1 is 0.952 bits per heavy atom. The van der Waals surface area contributed by atoms with E-state index in [9.17, 15) is 9.90 Å². The van der Waals surface area contributed by atoms with Crippen LogP contribution in [0.5, 0.6) is 0 Å². The Balaban J connectivity index is 1.36. The van der Waals surface area contributed by atoms with Crippen LogP contribution in [0.25, 0.3) is 23.0 Å². The van der Waals surface area contributed by atoms with Crippen molar-refractivity contribution in [2.45, 2.75) is 32.4 Å². The second-order valence-electron chi connectivity index (χ2n) is 10.4. The van der Waals surface area contributed by atoms with E-state index in [1.165, 1.54) is 0 Å². The molecule has 3 N–H and O–H groups in total. The van der Waals surface area contributed by atoms with Gasteiger partial charge in [-0.3, -0.25) is 9.78 Å². The molecule has 0 unspecified atom stereocenters. The molecule has 4 aromatic heterocycles. The molecule has 6 rings (SSSR count). The van der Waals surface area contributed by atoms with Crippen LogP contribution in [0.3, 0.4) is 0 Å². The first kappa shape index (κ1) is 27.0. The predicted molar refractivity (Wildman–Crippen MR) is 158 cm³/mol. The number of rotatable bonds is 9. The standard InChI is InChI=1S/C31H30N8O3/c1-4-39-30(41)20-13-14-25(36-27(20)31(39,2)3)35-26-16-23(34-24(18-40)19-10-6-5-7-11-19)21(17-33-26)28-37-38-29(42-28)22-12-8-9-15-32-22/h5-17,24,40H,4,18H2,1-3H3,(H2,33,34,35,36)/t24-/m1/s1. The van der Waals surface area contributed by atoms with E-state index in [0.29, 0.717) is 46.4 Å². The maximum atomic E-state index is 12.9. The fraction of sp³-hybridized carbons (Fsp3) is 0.226. The van der Waals surface area contributed by atoms with E-state index in [1.54, 1.807) is 36.7 Å². The van der Waals surface area contributed by atoms with E-state index in [2.05, 4.69) is 30.8 Å². The number of hydrogen-bond acceptors (Lipinski definition) is 10. The molecule has 0 saturated carbocycles. The van der Waals surface area contributed by atoms with Crippen molar-refractivity contribution < 1.29 is 14.3 Å². The summed E-state index contributed by atoms with van der Waals surface area (Å²) in [6.45, 7) is 6.39. The van der Waals surface area contributed by atoms with Crippen LogP contribution >= 0.6 is 0 Å². The van der Waals surface area contributed by atoms with Gasteiger partial charge in [-0.2, -0.15) is 0 Å². The molecule has 1 atom stereocenters. The number of fused-ring (bicyclic) bond motifs is 1. The van der Waals surface area contributed by atoms with Crippen molar-refractivity contribution in [3.63, 3.8) is 0 Å². The first-order valence-electron chi connectivity index (χ1n) is 13.7. The van der Waals surface area contributed by atoms with Gasteiger partial charge in [-0.25, -0.2) is 9.97 Å². The predicted octanol–water partition coefficient (Wildman–Crippen LogP) is 5.19. The summed E-state index contributed by atoms with van der Waals surface area (Å²) < 4.78 is 5.98. The summed E-state index contributed by atoms with van der Waals surface area (Å²) in [5.41, 5.74) is 3.41. The van der Waals surface area contributed by atoms with Crippen LogP contribution in [0.4, 0.5) is 17.3 Å². The number of pyridine rings is 3. The van der Waals surface area contributed by atoms with Gasteiger partial charge in [0.15, 0.2) is 0 Å². The average Bonchev–Trinajstić information content (AvgIpc) is 3.57. The summed E-state index contributed by atoms with van der Waals surface area (Å²) in [5, 5.41) is 25.4. The normalized spacial score (nSPS) is 14.5. The van der Waals surface area contributed by atoms with Gasteiger partial charge in [0.2, 0.25) is 0 Å². The zero-order valence-corrected chi connectivity index (χ0v) is 23.4. The Kier molecular flexibility index (Phi) is 7.09. The van der Waals surface area contributed by atoms with Crippen molar-refractivity contribution in [2.24, 2.45) is 0 Å². The molecule has 11 nitrogen and oxygen atoms in total. The lowest BCUT2D eigenvalue weighted by atomic mass is 9.99. The van der Waals surface area contributed by atoms with E-state index in [4.69, 9.17) is 9.40 Å². The number of aromatic nitrogens is 5. The Morgan fingerprint density at radius 2 is 1.74 bits per heavy atom. The molecule has 0 fully saturated rings. The lowest BCUT2D eigenvalue weighted by Crippen LogP contribution is -2.39. The van der Waals surface area contributed by atoms with Crippen LogP contribution in [0.15, 0.2) is 83.5 Å². The summed E-state index contributed by atoms with van der Waals surface area (Å²) >= 11 is 0. The largest absolute Gasteiger partial charge is 0.414 e. The van der Waals surface area contributed by atoms with Crippen molar-refractivity contribution in [3.8, 4) is 23.0 Å². The molecule has 0 saturated heterocycles. The molecule has 0 aliphatic carbocycles. The average molecular weight is 563 g/mol. The van der Waals surface area contributed by atoms with Gasteiger partial charge in [0.05, 0.1) is 40.7 Å². The Labute approximate surface area is 242 Å². The smallest absolute Gasteiger partial charge is 0.266 e. The quantitative estimate of drug-likeness (QED) is 0.220. The fourth-order valence-corrected chi connectivity index (χ4v) is 5.21. The Bertz CT molecular complexity index is 1720. The number of amides is 1. The topological polar surface area (TPSA) is 142 Å². The van der Waals surface area contributed by atoms with Crippen LogP contribution in [0.2, 0.25) is 0 Å². The number of nitrogens with zero attached hydrogens (tertiary/aromatic N) is 6. The number of aliphatic hydroxyl groups excluding tert-OH is 1. The molecule has 1 aliphatic rings. The van der Waals surface area contributed by atoms with E-state index >= 15 is 0 Å². The molecular weight excluding hydrogens is 532 g/mol. The number of carbonyl (C=O) groups is 1.